The fourth-order valence-electron chi connectivity index (χ4n) is 2.21. The summed E-state index contributed by atoms with van der Waals surface area (Å²) in [6, 6.07) is 4.24. The van der Waals surface area contributed by atoms with Crippen LogP contribution in [0, 0.1) is 11.3 Å². The first kappa shape index (κ1) is 14.4. The predicted octanol–water partition coefficient (Wildman–Crippen LogP) is 2.16. The van der Waals surface area contributed by atoms with E-state index in [1.807, 2.05) is 0 Å². The van der Waals surface area contributed by atoms with Gasteiger partial charge in [-0.15, -0.1) is 0 Å². The molecule has 1 saturated carbocycles. The average Bonchev–Trinajstić information content (AvgIpc) is 3.02. The molecule has 4 nitrogen and oxygen atoms in total. The van der Waals surface area contributed by atoms with E-state index in [0.29, 0.717) is 6.42 Å². The molecule has 0 heterocycles. The van der Waals surface area contributed by atoms with Gasteiger partial charge in [-0.1, -0.05) is 13.0 Å². The summed E-state index contributed by atoms with van der Waals surface area (Å²) in [6.45, 7) is 1.69. The molecule has 20 heavy (non-hydrogen) atoms. The maximum atomic E-state index is 12.6. The van der Waals surface area contributed by atoms with E-state index in [2.05, 4.69) is 5.32 Å². The van der Waals surface area contributed by atoms with Crippen molar-refractivity contribution in [1.29, 1.82) is 0 Å². The average molecular weight is 286 g/mol. The van der Waals surface area contributed by atoms with E-state index in [0.717, 1.165) is 12.1 Å². The maximum Gasteiger partial charge on any atom is 0.416 e. The minimum Gasteiger partial charge on any atom is -0.369 e. The highest BCUT2D eigenvalue weighted by atomic mass is 19.4. The minimum absolute atomic E-state index is 0.00968. The van der Waals surface area contributed by atoms with Crippen LogP contribution in [0.5, 0.6) is 0 Å². The van der Waals surface area contributed by atoms with Gasteiger partial charge in [-0.2, -0.15) is 13.2 Å². The molecule has 3 N–H and O–H groups in total. The molecule has 2 amide bonds. The number of amides is 2. The fourth-order valence-corrected chi connectivity index (χ4v) is 2.21. The van der Waals surface area contributed by atoms with E-state index in [-0.39, 0.29) is 11.6 Å². The van der Waals surface area contributed by atoms with Gasteiger partial charge in [0.2, 0.25) is 11.8 Å². The highest BCUT2D eigenvalue weighted by Gasteiger charge is 2.62. The van der Waals surface area contributed by atoms with Crippen molar-refractivity contribution in [1.82, 2.24) is 0 Å². The van der Waals surface area contributed by atoms with Crippen LogP contribution in [0.25, 0.3) is 0 Å². The van der Waals surface area contributed by atoms with Crippen molar-refractivity contribution in [2.45, 2.75) is 19.5 Å². The number of hydrogen-bond donors (Lipinski definition) is 2. The summed E-state index contributed by atoms with van der Waals surface area (Å²) in [5, 5.41) is 2.33. The zero-order valence-corrected chi connectivity index (χ0v) is 10.6. The maximum absolute atomic E-state index is 12.6. The lowest BCUT2D eigenvalue weighted by molar-refractivity contribution is -0.138. The normalized spacial score (nSPS) is 25.1. The fraction of sp³-hybridized carbons (Fsp3) is 0.385. The molecule has 2 atom stereocenters. The van der Waals surface area contributed by atoms with E-state index in [9.17, 15) is 22.8 Å². The van der Waals surface area contributed by atoms with Crippen molar-refractivity contribution in [3.8, 4) is 0 Å². The molecule has 1 aromatic rings. The molecule has 1 fully saturated rings. The molecule has 0 saturated heterocycles. The molecule has 7 heteroatoms. The zero-order chi connectivity index (χ0) is 15.1. The summed E-state index contributed by atoms with van der Waals surface area (Å²) in [5.41, 5.74) is 3.02. The van der Waals surface area contributed by atoms with Gasteiger partial charge in [0.1, 0.15) is 5.41 Å². The number of nitrogens with one attached hydrogen (secondary N) is 1. The highest BCUT2D eigenvalue weighted by Crippen LogP contribution is 2.52. The van der Waals surface area contributed by atoms with Crippen molar-refractivity contribution in [2.24, 2.45) is 17.1 Å². The number of anilines is 1. The quantitative estimate of drug-likeness (QED) is 0.836. The standard InChI is InChI=1S/C13H13F3N2O2/c1-7-6-12(7,10(17)19)11(20)18-9-4-2-3-8(5-9)13(14,15)16/h2-5,7H,6H2,1H3,(H2,17,19)(H,18,20). The molecule has 2 rings (SSSR count). The van der Waals surface area contributed by atoms with Gasteiger partial charge in [0.15, 0.2) is 0 Å². The highest BCUT2D eigenvalue weighted by molar-refractivity contribution is 6.13. The molecule has 1 aliphatic rings. The molecule has 0 aromatic heterocycles. The second-order valence-electron chi connectivity index (χ2n) is 4.97. The number of rotatable bonds is 3. The van der Waals surface area contributed by atoms with Crippen LogP contribution in [-0.2, 0) is 15.8 Å². The van der Waals surface area contributed by atoms with Crippen LogP contribution in [0.1, 0.15) is 18.9 Å². The zero-order valence-electron chi connectivity index (χ0n) is 10.6. The van der Waals surface area contributed by atoms with Crippen molar-refractivity contribution >= 4 is 17.5 Å². The number of nitrogens with two attached hydrogens (primary N) is 1. The molecule has 0 spiro atoms. The Hall–Kier alpha value is -2.05. The third-order valence-electron chi connectivity index (χ3n) is 3.60. The minimum atomic E-state index is -4.49. The van der Waals surface area contributed by atoms with Crippen molar-refractivity contribution < 1.29 is 22.8 Å². The van der Waals surface area contributed by atoms with Gasteiger partial charge < -0.3 is 11.1 Å². The largest absolute Gasteiger partial charge is 0.416 e. The van der Waals surface area contributed by atoms with Crippen LogP contribution in [0.15, 0.2) is 24.3 Å². The summed E-state index contributed by atoms with van der Waals surface area (Å²) in [7, 11) is 0. The summed E-state index contributed by atoms with van der Waals surface area (Å²) in [5.74, 6) is -1.61. The molecular formula is C13H13F3N2O2. The number of carbonyl (C=O) groups is 2. The van der Waals surface area contributed by atoms with Crippen LogP contribution in [-0.4, -0.2) is 11.8 Å². The Bertz CT molecular complexity index is 571. The predicted molar refractivity (Wildman–Crippen MR) is 65.5 cm³/mol. The van der Waals surface area contributed by atoms with Gasteiger partial charge in [-0.05, 0) is 30.5 Å². The Balaban J connectivity index is 2.19. The van der Waals surface area contributed by atoms with Gasteiger partial charge in [-0.3, -0.25) is 9.59 Å². The number of halogens is 3. The molecule has 2 unspecified atom stereocenters. The van der Waals surface area contributed by atoms with Crippen molar-refractivity contribution in [3.05, 3.63) is 29.8 Å². The van der Waals surface area contributed by atoms with Crippen LogP contribution in [0.3, 0.4) is 0 Å². The van der Waals surface area contributed by atoms with Gasteiger partial charge in [0, 0.05) is 5.69 Å². The number of benzene rings is 1. The first-order valence-electron chi connectivity index (χ1n) is 5.96. The number of hydrogen-bond acceptors (Lipinski definition) is 2. The van der Waals surface area contributed by atoms with Crippen LogP contribution < -0.4 is 11.1 Å². The third kappa shape index (κ3) is 2.35. The third-order valence-corrected chi connectivity index (χ3v) is 3.60. The number of primary amides is 1. The molecular weight excluding hydrogens is 273 g/mol. The Morgan fingerprint density at radius 1 is 1.40 bits per heavy atom. The van der Waals surface area contributed by atoms with E-state index in [1.54, 1.807) is 6.92 Å². The lowest BCUT2D eigenvalue weighted by Crippen LogP contribution is -2.37. The second kappa shape index (κ2) is 4.50. The van der Waals surface area contributed by atoms with Gasteiger partial charge in [-0.25, -0.2) is 0 Å². The van der Waals surface area contributed by atoms with E-state index < -0.39 is 29.0 Å². The molecule has 1 aromatic carbocycles. The Morgan fingerprint density at radius 2 is 2.00 bits per heavy atom. The van der Waals surface area contributed by atoms with Crippen LogP contribution >= 0.6 is 0 Å². The first-order chi connectivity index (χ1) is 9.18. The summed E-state index contributed by atoms with van der Waals surface area (Å²) in [4.78, 5) is 23.3. The van der Waals surface area contributed by atoms with Gasteiger partial charge >= 0.3 is 6.18 Å². The van der Waals surface area contributed by atoms with Crippen molar-refractivity contribution in [2.75, 3.05) is 5.32 Å². The number of carbonyl (C=O) groups excluding carboxylic acids is 2. The lowest BCUT2D eigenvalue weighted by atomic mass is 10.0. The van der Waals surface area contributed by atoms with Crippen molar-refractivity contribution in [3.63, 3.8) is 0 Å². The molecule has 0 radical (unpaired) electrons. The second-order valence-corrected chi connectivity index (χ2v) is 4.97. The molecule has 0 bridgehead atoms. The number of alkyl halides is 3. The molecule has 1 aliphatic carbocycles. The Labute approximate surface area is 113 Å². The van der Waals surface area contributed by atoms with E-state index in [4.69, 9.17) is 5.73 Å². The monoisotopic (exact) mass is 286 g/mol. The van der Waals surface area contributed by atoms with Crippen LogP contribution in [0.2, 0.25) is 0 Å². The Morgan fingerprint density at radius 3 is 2.45 bits per heavy atom. The van der Waals surface area contributed by atoms with Gasteiger partial charge in [0.05, 0.1) is 5.56 Å². The summed E-state index contributed by atoms with van der Waals surface area (Å²) in [6.07, 6.45) is -4.18. The SMILES string of the molecule is CC1CC1(C(N)=O)C(=O)Nc1cccc(C(F)(F)F)c1. The van der Waals surface area contributed by atoms with E-state index >= 15 is 0 Å². The smallest absolute Gasteiger partial charge is 0.369 e. The van der Waals surface area contributed by atoms with Crippen LogP contribution in [0.4, 0.5) is 18.9 Å². The Kier molecular flexibility index (Phi) is 3.23. The lowest BCUT2D eigenvalue weighted by Gasteiger charge is -2.14. The summed E-state index contributed by atoms with van der Waals surface area (Å²) >= 11 is 0. The van der Waals surface area contributed by atoms with E-state index in [1.165, 1.54) is 12.1 Å². The molecule has 0 aliphatic heterocycles. The molecule has 108 valence electrons. The summed E-state index contributed by atoms with van der Waals surface area (Å²) < 4.78 is 37.7. The topological polar surface area (TPSA) is 72.2 Å². The first-order valence-corrected chi connectivity index (χ1v) is 5.96. The van der Waals surface area contributed by atoms with Gasteiger partial charge in [0.25, 0.3) is 0 Å².